The van der Waals surface area contributed by atoms with Crippen LogP contribution in [0.3, 0.4) is 0 Å². The number of nitrogens with one attached hydrogen (secondary N) is 1. The van der Waals surface area contributed by atoms with Crippen molar-refractivity contribution in [2.24, 2.45) is 0 Å². The first-order chi connectivity index (χ1) is 15.3. The van der Waals surface area contributed by atoms with Crippen LogP contribution in [0, 0.1) is 11.3 Å². The molecule has 1 heterocycles. The highest BCUT2D eigenvalue weighted by molar-refractivity contribution is 6.33. The van der Waals surface area contributed by atoms with Gasteiger partial charge in [0, 0.05) is 17.7 Å². The van der Waals surface area contributed by atoms with Crippen LogP contribution in [0.5, 0.6) is 5.75 Å². The zero-order valence-corrected chi connectivity index (χ0v) is 19.4. The highest BCUT2D eigenvalue weighted by Crippen LogP contribution is 2.30. The Morgan fingerprint density at radius 3 is 2.67 bits per heavy atom. The van der Waals surface area contributed by atoms with E-state index < -0.39 is 18.6 Å². The van der Waals surface area contributed by atoms with Gasteiger partial charge in [-0.2, -0.15) is 10.2 Å². The standard InChI is InChI=1S/C22H21ClN4O5.ClH/c1-12(2)31-19-6-4-14(8-15(19)9-24)21-26-20(27-32-21)16-5-3-13(7-17(16)23)10-25-18(11-28)22(29)30;/h3-8,12,18,25,28H,10-11H2,1-2H3,(H,29,30);1H. The summed E-state index contributed by atoms with van der Waals surface area (Å²) in [4.78, 5) is 15.4. The van der Waals surface area contributed by atoms with Crippen LogP contribution in [0.1, 0.15) is 25.0 Å². The molecule has 1 atom stereocenters. The predicted molar refractivity (Wildman–Crippen MR) is 123 cm³/mol. The van der Waals surface area contributed by atoms with Crippen molar-refractivity contribution in [3.8, 4) is 34.7 Å². The molecule has 9 nitrogen and oxygen atoms in total. The lowest BCUT2D eigenvalue weighted by Crippen LogP contribution is -2.39. The molecule has 0 saturated carbocycles. The Morgan fingerprint density at radius 1 is 1.30 bits per heavy atom. The SMILES string of the molecule is CC(C)Oc1ccc(-c2nc(-c3ccc(CNC(CO)C(=O)O)cc3Cl)no2)cc1C#N.Cl. The Balaban J connectivity index is 0.00000385. The van der Waals surface area contributed by atoms with Gasteiger partial charge in [0.05, 0.1) is 23.3 Å². The monoisotopic (exact) mass is 492 g/mol. The van der Waals surface area contributed by atoms with Crippen molar-refractivity contribution in [3.63, 3.8) is 0 Å². The number of aliphatic carboxylic acids is 1. The third-order valence-corrected chi connectivity index (χ3v) is 4.76. The molecule has 0 bridgehead atoms. The number of ether oxygens (including phenoxy) is 1. The summed E-state index contributed by atoms with van der Waals surface area (Å²) in [7, 11) is 0. The number of halogens is 2. The minimum absolute atomic E-state index is 0. The molecule has 174 valence electrons. The highest BCUT2D eigenvalue weighted by Gasteiger charge is 2.17. The van der Waals surface area contributed by atoms with Crippen molar-refractivity contribution in [1.29, 1.82) is 5.26 Å². The number of rotatable bonds is 9. The molecule has 3 rings (SSSR count). The van der Waals surface area contributed by atoms with Gasteiger partial charge in [0.1, 0.15) is 17.9 Å². The third kappa shape index (κ3) is 6.43. The van der Waals surface area contributed by atoms with Crippen molar-refractivity contribution >= 4 is 30.0 Å². The number of aliphatic hydroxyl groups is 1. The Labute approximate surface area is 201 Å². The Kier molecular flexibility index (Phi) is 9.20. The van der Waals surface area contributed by atoms with E-state index in [0.29, 0.717) is 27.5 Å². The first-order valence-electron chi connectivity index (χ1n) is 9.73. The van der Waals surface area contributed by atoms with E-state index in [1.165, 1.54) is 0 Å². The summed E-state index contributed by atoms with van der Waals surface area (Å²) in [5.74, 6) is -0.173. The molecule has 11 heteroatoms. The van der Waals surface area contributed by atoms with Gasteiger partial charge in [-0.3, -0.25) is 10.1 Å². The van der Waals surface area contributed by atoms with Crippen molar-refractivity contribution in [1.82, 2.24) is 15.5 Å². The molecule has 1 unspecified atom stereocenters. The number of carboxylic acid groups (broad SMARTS) is 1. The average molecular weight is 493 g/mol. The summed E-state index contributed by atoms with van der Waals surface area (Å²) in [6, 6.07) is 11.2. The summed E-state index contributed by atoms with van der Waals surface area (Å²) in [5, 5.41) is 34.5. The van der Waals surface area contributed by atoms with E-state index in [-0.39, 0.29) is 36.8 Å². The Morgan fingerprint density at radius 2 is 2.06 bits per heavy atom. The first kappa shape index (κ1) is 26.1. The van der Waals surface area contributed by atoms with E-state index >= 15 is 0 Å². The molecule has 0 aliphatic heterocycles. The summed E-state index contributed by atoms with van der Waals surface area (Å²) < 4.78 is 11.0. The van der Waals surface area contributed by atoms with Gasteiger partial charge in [-0.1, -0.05) is 22.8 Å². The maximum Gasteiger partial charge on any atom is 0.323 e. The van der Waals surface area contributed by atoms with Crippen LogP contribution < -0.4 is 10.1 Å². The summed E-state index contributed by atoms with van der Waals surface area (Å²) >= 11 is 6.37. The molecule has 0 spiro atoms. The second kappa shape index (κ2) is 11.6. The maximum absolute atomic E-state index is 11.0. The van der Waals surface area contributed by atoms with Gasteiger partial charge in [-0.05, 0) is 49.7 Å². The van der Waals surface area contributed by atoms with Crippen LogP contribution in [-0.2, 0) is 11.3 Å². The van der Waals surface area contributed by atoms with Crippen LogP contribution >= 0.6 is 24.0 Å². The van der Waals surface area contributed by atoms with Crippen LogP contribution in [0.2, 0.25) is 5.02 Å². The van der Waals surface area contributed by atoms with Gasteiger partial charge in [-0.15, -0.1) is 12.4 Å². The fourth-order valence-corrected chi connectivity index (χ4v) is 3.17. The van der Waals surface area contributed by atoms with Gasteiger partial charge in [0.25, 0.3) is 5.89 Å². The molecule has 0 aliphatic rings. The van der Waals surface area contributed by atoms with Crippen molar-refractivity contribution < 1.29 is 24.3 Å². The van der Waals surface area contributed by atoms with Gasteiger partial charge < -0.3 is 19.5 Å². The number of hydrogen-bond donors (Lipinski definition) is 3. The van der Waals surface area contributed by atoms with E-state index in [4.69, 9.17) is 31.1 Å². The number of carboxylic acids is 1. The number of nitriles is 1. The lowest BCUT2D eigenvalue weighted by atomic mass is 10.1. The smallest absolute Gasteiger partial charge is 0.323 e. The number of aromatic nitrogens is 2. The van der Waals surface area contributed by atoms with Crippen LogP contribution in [0.4, 0.5) is 0 Å². The van der Waals surface area contributed by atoms with Gasteiger partial charge in [0.2, 0.25) is 5.82 Å². The van der Waals surface area contributed by atoms with Gasteiger partial charge in [0.15, 0.2) is 0 Å². The lowest BCUT2D eigenvalue weighted by Gasteiger charge is -2.12. The topological polar surface area (TPSA) is 142 Å². The van der Waals surface area contributed by atoms with Crippen molar-refractivity contribution in [2.45, 2.75) is 32.5 Å². The van der Waals surface area contributed by atoms with E-state index in [0.717, 1.165) is 5.56 Å². The van der Waals surface area contributed by atoms with Gasteiger partial charge in [-0.25, -0.2) is 0 Å². The number of nitrogens with zero attached hydrogens (tertiary/aromatic N) is 3. The molecule has 33 heavy (non-hydrogen) atoms. The molecule has 0 saturated heterocycles. The summed E-state index contributed by atoms with van der Waals surface area (Å²) in [6.07, 6.45) is -0.0677. The molecule has 2 aromatic carbocycles. The minimum Gasteiger partial charge on any atom is -0.490 e. The summed E-state index contributed by atoms with van der Waals surface area (Å²) in [5.41, 5.74) is 2.18. The van der Waals surface area contributed by atoms with Crippen molar-refractivity contribution in [2.75, 3.05) is 6.61 Å². The largest absolute Gasteiger partial charge is 0.490 e. The molecule has 3 N–H and O–H groups in total. The molecule has 0 amide bonds. The lowest BCUT2D eigenvalue weighted by molar-refractivity contribution is -0.140. The normalized spacial score (nSPS) is 11.5. The highest BCUT2D eigenvalue weighted by atomic mass is 35.5. The Bertz CT molecular complexity index is 1160. The number of hydrogen-bond acceptors (Lipinski definition) is 8. The Hall–Kier alpha value is -3.16. The van der Waals surface area contributed by atoms with E-state index in [2.05, 4.69) is 21.5 Å². The quantitative estimate of drug-likeness (QED) is 0.407. The number of benzene rings is 2. The fraction of sp³-hybridized carbons (Fsp3) is 0.273. The molecule has 1 aromatic heterocycles. The third-order valence-electron chi connectivity index (χ3n) is 4.44. The molecule has 3 aromatic rings. The molecular formula is C22H22Cl2N4O5. The maximum atomic E-state index is 11.0. The van der Waals surface area contributed by atoms with Crippen LogP contribution in [0.25, 0.3) is 22.8 Å². The number of carbonyl (C=O) groups is 1. The zero-order chi connectivity index (χ0) is 23.3. The van der Waals surface area contributed by atoms with Crippen LogP contribution in [-0.4, -0.2) is 45.1 Å². The second-order valence-electron chi connectivity index (χ2n) is 7.18. The molecular weight excluding hydrogens is 471 g/mol. The predicted octanol–water partition coefficient (Wildman–Crippen LogP) is 3.67. The van der Waals surface area contributed by atoms with Gasteiger partial charge >= 0.3 is 5.97 Å². The van der Waals surface area contributed by atoms with E-state index in [1.807, 2.05) is 13.8 Å². The molecule has 0 fully saturated rings. The van der Waals surface area contributed by atoms with E-state index in [1.54, 1.807) is 36.4 Å². The number of aliphatic hydroxyl groups excluding tert-OH is 1. The average Bonchev–Trinajstić information content (AvgIpc) is 3.24. The summed E-state index contributed by atoms with van der Waals surface area (Å²) in [6.45, 7) is 3.44. The second-order valence-corrected chi connectivity index (χ2v) is 7.59. The molecule has 0 aliphatic carbocycles. The molecule has 0 radical (unpaired) electrons. The van der Waals surface area contributed by atoms with E-state index in [9.17, 15) is 10.1 Å². The van der Waals surface area contributed by atoms with Crippen LogP contribution in [0.15, 0.2) is 40.9 Å². The van der Waals surface area contributed by atoms with Crippen molar-refractivity contribution in [3.05, 3.63) is 52.5 Å². The fourth-order valence-electron chi connectivity index (χ4n) is 2.88. The minimum atomic E-state index is -1.14. The first-order valence-corrected chi connectivity index (χ1v) is 10.1. The zero-order valence-electron chi connectivity index (χ0n) is 17.8.